The van der Waals surface area contributed by atoms with Gasteiger partial charge in [-0.15, -0.1) is 0 Å². The first-order valence-corrected chi connectivity index (χ1v) is 9.82. The fourth-order valence-corrected chi connectivity index (χ4v) is 3.60. The van der Waals surface area contributed by atoms with Gasteiger partial charge in [0.15, 0.2) is 5.69 Å². The fourth-order valence-electron chi connectivity index (χ4n) is 2.45. The van der Waals surface area contributed by atoms with Crippen LogP contribution in [0.3, 0.4) is 0 Å². The van der Waals surface area contributed by atoms with Gasteiger partial charge in [0.25, 0.3) is 0 Å². The van der Waals surface area contributed by atoms with Crippen LogP contribution in [-0.2, 0) is 14.8 Å². The van der Waals surface area contributed by atoms with E-state index in [0.717, 1.165) is 0 Å². The second kappa shape index (κ2) is 7.22. The highest BCUT2D eigenvalue weighted by Crippen LogP contribution is 2.34. The zero-order chi connectivity index (χ0) is 19.8. The summed E-state index contributed by atoms with van der Waals surface area (Å²) < 4.78 is 42.7. The maximum absolute atomic E-state index is 13.3. The number of rotatable bonds is 4. The van der Waals surface area contributed by atoms with E-state index in [4.69, 9.17) is 9.88 Å². The van der Waals surface area contributed by atoms with Crippen molar-refractivity contribution in [3.63, 3.8) is 0 Å². The fraction of sp³-hybridized carbons (Fsp3) is 0.0588. The zero-order valence-corrected chi connectivity index (χ0v) is 16.3. The molecule has 27 heavy (non-hydrogen) atoms. The third-order valence-electron chi connectivity index (χ3n) is 3.73. The minimum atomic E-state index is -3.84. The number of carbonyl (C=O) groups excluding carboxylic acids is 1. The highest BCUT2D eigenvalue weighted by molar-refractivity contribution is 9.10. The van der Waals surface area contributed by atoms with Crippen molar-refractivity contribution >= 4 is 31.9 Å². The molecule has 0 atom stereocenters. The molecule has 3 rings (SSSR count). The Bertz CT molecular complexity index is 1110. The number of nitrogens with zero attached hydrogens (tertiary/aromatic N) is 2. The lowest BCUT2D eigenvalue weighted by Crippen LogP contribution is -2.12. The van der Waals surface area contributed by atoms with Crippen LogP contribution in [0, 0.1) is 5.82 Å². The lowest BCUT2D eigenvalue weighted by Gasteiger charge is -2.09. The van der Waals surface area contributed by atoms with Crippen LogP contribution < -0.4 is 5.14 Å². The Hall–Kier alpha value is -2.56. The summed E-state index contributed by atoms with van der Waals surface area (Å²) in [5, 5.41) is 9.37. The van der Waals surface area contributed by atoms with Gasteiger partial charge in [-0.05, 0) is 64.5 Å². The molecule has 1 heterocycles. The number of sulfonamides is 1. The number of esters is 1. The number of benzene rings is 2. The van der Waals surface area contributed by atoms with E-state index in [1.54, 1.807) is 0 Å². The van der Waals surface area contributed by atoms with E-state index in [9.17, 15) is 17.6 Å². The summed E-state index contributed by atoms with van der Waals surface area (Å²) >= 11 is 3.35. The number of carbonyl (C=O) groups is 1. The quantitative estimate of drug-likeness (QED) is 0.611. The van der Waals surface area contributed by atoms with Gasteiger partial charge < -0.3 is 4.74 Å². The van der Waals surface area contributed by atoms with E-state index in [2.05, 4.69) is 21.0 Å². The highest BCUT2D eigenvalue weighted by Gasteiger charge is 2.24. The summed E-state index contributed by atoms with van der Waals surface area (Å²) in [7, 11) is -2.62. The highest BCUT2D eigenvalue weighted by atomic mass is 79.9. The van der Waals surface area contributed by atoms with E-state index < -0.39 is 21.8 Å². The number of nitrogens with two attached hydrogens (primary N) is 1. The predicted molar refractivity (Wildman–Crippen MR) is 99.4 cm³/mol. The molecule has 0 saturated heterocycles. The second-order valence-corrected chi connectivity index (χ2v) is 7.81. The Morgan fingerprint density at radius 1 is 1.15 bits per heavy atom. The molecule has 0 bridgehead atoms. The van der Waals surface area contributed by atoms with Gasteiger partial charge in [-0.3, -0.25) is 0 Å². The monoisotopic (exact) mass is 453 g/mol. The largest absolute Gasteiger partial charge is 0.464 e. The van der Waals surface area contributed by atoms with Crippen molar-refractivity contribution in [3.05, 3.63) is 64.5 Å². The third-order valence-corrected chi connectivity index (χ3v) is 5.41. The lowest BCUT2D eigenvalue weighted by molar-refractivity contribution is 0.0592. The molecule has 0 aliphatic carbocycles. The summed E-state index contributed by atoms with van der Waals surface area (Å²) in [5.41, 5.74) is 1.55. The van der Waals surface area contributed by atoms with Crippen molar-refractivity contribution in [1.29, 1.82) is 0 Å². The van der Waals surface area contributed by atoms with E-state index in [1.807, 2.05) is 0 Å². The molecule has 2 aromatic carbocycles. The molecule has 0 saturated carbocycles. The molecule has 0 aliphatic heterocycles. The number of ether oxygens (including phenoxy) is 1. The number of aromatic nitrogens is 2. The molecule has 3 aromatic rings. The van der Waals surface area contributed by atoms with Gasteiger partial charge in [0.2, 0.25) is 10.0 Å². The van der Waals surface area contributed by atoms with Crippen LogP contribution in [0.25, 0.3) is 16.9 Å². The summed E-state index contributed by atoms with van der Waals surface area (Å²) in [5.74, 6) is -1.07. The van der Waals surface area contributed by atoms with Crippen molar-refractivity contribution in [3.8, 4) is 16.9 Å². The van der Waals surface area contributed by atoms with E-state index >= 15 is 0 Å². The van der Waals surface area contributed by atoms with Crippen molar-refractivity contribution in [2.24, 2.45) is 5.14 Å². The van der Waals surface area contributed by atoms with Gasteiger partial charge in [0, 0.05) is 5.56 Å². The molecule has 0 amide bonds. The van der Waals surface area contributed by atoms with Crippen molar-refractivity contribution in [1.82, 2.24) is 9.78 Å². The first-order valence-electron chi connectivity index (χ1n) is 7.48. The summed E-state index contributed by atoms with van der Waals surface area (Å²) in [6.45, 7) is 0. The van der Waals surface area contributed by atoms with E-state index in [0.29, 0.717) is 21.4 Å². The predicted octanol–water partition coefficient (Wildman–Crippen LogP) is 2.87. The molecule has 10 heteroatoms. The van der Waals surface area contributed by atoms with Crippen LogP contribution in [0.15, 0.2) is 57.9 Å². The molecule has 2 N–H and O–H groups in total. The molecular formula is C17H13BrFN3O4S. The van der Waals surface area contributed by atoms with Crippen LogP contribution in [0.5, 0.6) is 0 Å². The van der Waals surface area contributed by atoms with Crippen LogP contribution in [0.2, 0.25) is 0 Å². The number of hydrogen-bond donors (Lipinski definition) is 1. The number of primary sulfonamides is 1. The van der Waals surface area contributed by atoms with Gasteiger partial charge in [0.05, 0.1) is 27.9 Å². The molecule has 1 aromatic heterocycles. The smallest absolute Gasteiger partial charge is 0.359 e. The van der Waals surface area contributed by atoms with E-state index in [-0.39, 0.29) is 10.6 Å². The molecule has 0 unspecified atom stereocenters. The Morgan fingerprint density at radius 2 is 1.74 bits per heavy atom. The Balaban J connectivity index is 2.22. The summed E-state index contributed by atoms with van der Waals surface area (Å²) in [6, 6.07) is 11.3. The molecule has 0 radical (unpaired) electrons. The number of methoxy groups -OCH3 is 1. The molecule has 0 aliphatic rings. The summed E-state index contributed by atoms with van der Waals surface area (Å²) in [4.78, 5) is 12.0. The maximum Gasteiger partial charge on any atom is 0.359 e. The van der Waals surface area contributed by atoms with Crippen LogP contribution in [0.4, 0.5) is 4.39 Å². The third kappa shape index (κ3) is 3.77. The first-order chi connectivity index (χ1) is 12.7. The van der Waals surface area contributed by atoms with Crippen molar-refractivity contribution in [2.75, 3.05) is 7.11 Å². The SMILES string of the molecule is COC(=O)c1nn(-c2ccc(S(N)(=O)=O)cc2)c(-c2ccc(F)cc2)c1Br. The Morgan fingerprint density at radius 3 is 2.26 bits per heavy atom. The number of hydrogen-bond acceptors (Lipinski definition) is 5. The van der Waals surface area contributed by atoms with Crippen molar-refractivity contribution < 1.29 is 22.3 Å². The Labute approximate surface area is 162 Å². The minimum Gasteiger partial charge on any atom is -0.464 e. The van der Waals surface area contributed by atoms with E-state index in [1.165, 1.54) is 60.3 Å². The van der Waals surface area contributed by atoms with Crippen LogP contribution in [0.1, 0.15) is 10.5 Å². The average Bonchev–Trinajstić information content (AvgIpc) is 2.98. The topological polar surface area (TPSA) is 104 Å². The minimum absolute atomic E-state index is 0.0207. The normalized spacial score (nSPS) is 11.4. The van der Waals surface area contributed by atoms with Crippen LogP contribution >= 0.6 is 15.9 Å². The van der Waals surface area contributed by atoms with Crippen LogP contribution in [-0.4, -0.2) is 31.3 Å². The van der Waals surface area contributed by atoms with Gasteiger partial charge in [-0.1, -0.05) is 0 Å². The summed E-state index contributed by atoms with van der Waals surface area (Å²) in [6.07, 6.45) is 0. The van der Waals surface area contributed by atoms with Gasteiger partial charge in [0.1, 0.15) is 5.82 Å². The second-order valence-electron chi connectivity index (χ2n) is 5.46. The standard InChI is InChI=1S/C17H13BrFN3O4S/c1-26-17(23)15-14(18)16(10-2-4-11(19)5-3-10)22(21-15)12-6-8-13(9-7-12)27(20,24)25/h2-9H,1H3,(H2,20,24,25). The average molecular weight is 454 g/mol. The molecule has 0 spiro atoms. The molecule has 0 fully saturated rings. The van der Waals surface area contributed by atoms with Gasteiger partial charge in [-0.2, -0.15) is 5.10 Å². The number of halogens is 2. The first kappa shape index (κ1) is 19.2. The molecule has 140 valence electrons. The molecular weight excluding hydrogens is 441 g/mol. The molecule has 7 nitrogen and oxygen atoms in total. The van der Waals surface area contributed by atoms with Crippen molar-refractivity contribution in [2.45, 2.75) is 4.90 Å². The zero-order valence-electron chi connectivity index (χ0n) is 13.9. The lowest BCUT2D eigenvalue weighted by atomic mass is 10.1. The maximum atomic E-state index is 13.3. The Kier molecular flexibility index (Phi) is 5.13. The van der Waals surface area contributed by atoms with Gasteiger partial charge >= 0.3 is 5.97 Å². The van der Waals surface area contributed by atoms with Gasteiger partial charge in [-0.25, -0.2) is 27.4 Å².